The van der Waals surface area contributed by atoms with Gasteiger partial charge >= 0.3 is 6.09 Å². The maximum atomic E-state index is 12.5. The fourth-order valence-electron chi connectivity index (χ4n) is 3.70. The summed E-state index contributed by atoms with van der Waals surface area (Å²) in [5, 5.41) is 0. The van der Waals surface area contributed by atoms with E-state index in [9.17, 15) is 4.79 Å². The van der Waals surface area contributed by atoms with E-state index in [1.807, 2.05) is 44.2 Å². The van der Waals surface area contributed by atoms with Crippen LogP contribution in [0.5, 0.6) is 0 Å². The molecule has 6 heteroatoms. The smallest absolute Gasteiger partial charge is 0.411 e. The fraction of sp³-hybridized carbons (Fsp3) is 0.500. The predicted molar refractivity (Wildman–Crippen MR) is 96.8 cm³/mol. The molecule has 0 bridgehead atoms. The van der Waals surface area contributed by atoms with Gasteiger partial charge in [-0.3, -0.25) is 4.90 Å². The second-order valence-corrected chi connectivity index (χ2v) is 7.61. The number of halogens is 1. The van der Waals surface area contributed by atoms with Crippen LogP contribution in [-0.2, 0) is 20.8 Å². The summed E-state index contributed by atoms with van der Waals surface area (Å²) in [6.07, 6.45) is 1.15. The molecule has 0 saturated carbocycles. The summed E-state index contributed by atoms with van der Waals surface area (Å²) in [6.45, 7) is 4.35. The van der Waals surface area contributed by atoms with Crippen molar-refractivity contribution in [2.45, 2.75) is 50.5 Å². The number of hydrogen-bond donors (Lipinski definition) is 0. The van der Waals surface area contributed by atoms with Crippen molar-refractivity contribution in [2.75, 3.05) is 4.43 Å². The Balaban J connectivity index is 1.64. The molecule has 128 valence electrons. The van der Waals surface area contributed by atoms with Crippen LogP contribution in [0.2, 0.25) is 0 Å². The van der Waals surface area contributed by atoms with Crippen LogP contribution in [-0.4, -0.2) is 45.6 Å². The zero-order chi connectivity index (χ0) is 16.9. The van der Waals surface area contributed by atoms with Crippen LogP contribution < -0.4 is 0 Å². The van der Waals surface area contributed by atoms with E-state index in [-0.39, 0.29) is 30.4 Å². The minimum absolute atomic E-state index is 0.110. The molecule has 1 aliphatic carbocycles. The van der Waals surface area contributed by atoms with E-state index in [4.69, 9.17) is 14.2 Å². The summed E-state index contributed by atoms with van der Waals surface area (Å²) in [6, 6.07) is 9.86. The van der Waals surface area contributed by atoms with Crippen molar-refractivity contribution in [2.24, 2.45) is 0 Å². The molecule has 2 aliphatic heterocycles. The number of fused-ring (bicyclic) bond motifs is 3. The number of rotatable bonds is 3. The second kappa shape index (κ2) is 6.00. The molecular formula is C18H20INO4. The van der Waals surface area contributed by atoms with Crippen molar-refractivity contribution in [3.63, 3.8) is 0 Å². The lowest BCUT2D eigenvalue weighted by atomic mass is 9.88. The second-order valence-electron chi connectivity index (χ2n) is 6.85. The van der Waals surface area contributed by atoms with E-state index < -0.39 is 5.79 Å². The Kier molecular flexibility index (Phi) is 4.09. The van der Waals surface area contributed by atoms with E-state index in [0.29, 0.717) is 6.54 Å². The first kappa shape index (κ1) is 16.4. The van der Waals surface area contributed by atoms with Gasteiger partial charge in [-0.05, 0) is 25.0 Å². The standard InChI is InChI=1S/C18H20INO4/c1-18(2)23-14-12(9-19)8-13-15(16(14)24-18)22-17(21)20(13)10-11-6-4-3-5-7-11/h3-8,13-16H,9-10H2,1-2H3/t13-,14+,15-,16-/m0/s1. The molecule has 0 radical (unpaired) electrons. The molecule has 5 nitrogen and oxygen atoms in total. The molecule has 0 unspecified atom stereocenters. The summed E-state index contributed by atoms with van der Waals surface area (Å²) in [5.41, 5.74) is 2.26. The molecule has 0 N–H and O–H groups in total. The molecule has 2 saturated heterocycles. The van der Waals surface area contributed by atoms with Gasteiger partial charge in [0.25, 0.3) is 0 Å². The number of alkyl halides is 1. The molecule has 1 amide bonds. The first-order valence-corrected chi connectivity index (χ1v) is 9.64. The number of hydrogen-bond acceptors (Lipinski definition) is 4. The average Bonchev–Trinajstić information content (AvgIpc) is 3.04. The Hall–Kier alpha value is -1.12. The molecule has 4 rings (SSSR count). The van der Waals surface area contributed by atoms with Gasteiger partial charge in [0.1, 0.15) is 12.2 Å². The lowest BCUT2D eigenvalue weighted by Crippen LogP contribution is -2.49. The Morgan fingerprint density at radius 1 is 1.17 bits per heavy atom. The largest absolute Gasteiger partial charge is 0.441 e. The van der Waals surface area contributed by atoms with Crippen molar-refractivity contribution in [1.29, 1.82) is 0 Å². The Morgan fingerprint density at radius 3 is 2.62 bits per heavy atom. The molecule has 1 aromatic rings. The third-order valence-corrected chi connectivity index (χ3v) is 5.60. The zero-order valence-electron chi connectivity index (χ0n) is 13.6. The lowest BCUT2D eigenvalue weighted by molar-refractivity contribution is -0.151. The van der Waals surface area contributed by atoms with Crippen molar-refractivity contribution in [3.05, 3.63) is 47.5 Å². The minimum Gasteiger partial charge on any atom is -0.441 e. The van der Waals surface area contributed by atoms with Crippen LogP contribution in [0.3, 0.4) is 0 Å². The van der Waals surface area contributed by atoms with Gasteiger partial charge in [0, 0.05) is 11.0 Å². The summed E-state index contributed by atoms with van der Waals surface area (Å²) >= 11 is 2.34. The van der Waals surface area contributed by atoms with Crippen LogP contribution >= 0.6 is 22.6 Å². The van der Waals surface area contributed by atoms with Gasteiger partial charge in [-0.15, -0.1) is 0 Å². The number of ether oxygens (including phenoxy) is 3. The van der Waals surface area contributed by atoms with E-state index in [1.54, 1.807) is 4.90 Å². The van der Waals surface area contributed by atoms with Gasteiger partial charge in [0.2, 0.25) is 0 Å². The Labute approximate surface area is 155 Å². The minimum atomic E-state index is -0.658. The van der Waals surface area contributed by atoms with Crippen LogP contribution in [0.4, 0.5) is 4.79 Å². The summed E-state index contributed by atoms with van der Waals surface area (Å²) < 4.78 is 18.7. The highest BCUT2D eigenvalue weighted by molar-refractivity contribution is 14.1. The van der Waals surface area contributed by atoms with Gasteiger partial charge < -0.3 is 14.2 Å². The van der Waals surface area contributed by atoms with Gasteiger partial charge in [-0.1, -0.05) is 59.0 Å². The monoisotopic (exact) mass is 441 g/mol. The molecular weight excluding hydrogens is 421 g/mol. The topological polar surface area (TPSA) is 48.0 Å². The Bertz CT molecular complexity index is 675. The average molecular weight is 441 g/mol. The zero-order valence-corrected chi connectivity index (χ0v) is 15.8. The highest BCUT2D eigenvalue weighted by Crippen LogP contribution is 2.42. The van der Waals surface area contributed by atoms with Crippen LogP contribution in [0.15, 0.2) is 42.0 Å². The molecule has 24 heavy (non-hydrogen) atoms. The van der Waals surface area contributed by atoms with Crippen molar-refractivity contribution in [1.82, 2.24) is 4.90 Å². The highest BCUT2D eigenvalue weighted by atomic mass is 127. The van der Waals surface area contributed by atoms with Crippen LogP contribution in [0, 0.1) is 0 Å². The number of amides is 1. The maximum absolute atomic E-state index is 12.5. The fourth-order valence-corrected chi connectivity index (χ4v) is 4.39. The third-order valence-electron chi connectivity index (χ3n) is 4.72. The SMILES string of the molecule is CC1(C)O[C@@H]2[C@H]3OC(=O)N(Cc4ccccc4)[C@H]3C=C(CI)[C@H]2O1. The first-order valence-electron chi connectivity index (χ1n) is 8.12. The lowest BCUT2D eigenvalue weighted by Gasteiger charge is -2.33. The molecule has 4 atom stereocenters. The molecule has 2 heterocycles. The Morgan fingerprint density at radius 2 is 1.92 bits per heavy atom. The number of carbonyl (C=O) groups is 1. The highest BCUT2D eigenvalue weighted by Gasteiger charge is 2.57. The van der Waals surface area contributed by atoms with Crippen molar-refractivity contribution >= 4 is 28.7 Å². The summed E-state index contributed by atoms with van der Waals surface area (Å²) in [5.74, 6) is -0.658. The van der Waals surface area contributed by atoms with Crippen molar-refractivity contribution < 1.29 is 19.0 Å². The summed E-state index contributed by atoms with van der Waals surface area (Å²) in [4.78, 5) is 14.3. The normalized spacial score (nSPS) is 33.7. The summed E-state index contributed by atoms with van der Waals surface area (Å²) in [7, 11) is 0. The number of carbonyl (C=O) groups excluding carboxylic acids is 1. The van der Waals surface area contributed by atoms with Gasteiger partial charge in [0.05, 0.1) is 6.04 Å². The third kappa shape index (κ3) is 2.74. The maximum Gasteiger partial charge on any atom is 0.411 e. The first-order chi connectivity index (χ1) is 11.5. The number of benzene rings is 1. The van der Waals surface area contributed by atoms with E-state index in [2.05, 4.69) is 28.7 Å². The van der Waals surface area contributed by atoms with Gasteiger partial charge in [0.15, 0.2) is 11.9 Å². The van der Waals surface area contributed by atoms with Crippen LogP contribution in [0.25, 0.3) is 0 Å². The molecule has 1 aromatic carbocycles. The van der Waals surface area contributed by atoms with Crippen molar-refractivity contribution in [3.8, 4) is 0 Å². The molecule has 0 aromatic heterocycles. The van der Waals surface area contributed by atoms with E-state index in [0.717, 1.165) is 9.99 Å². The molecule has 3 aliphatic rings. The van der Waals surface area contributed by atoms with Crippen LogP contribution in [0.1, 0.15) is 19.4 Å². The predicted octanol–water partition coefficient (Wildman–Crippen LogP) is 3.27. The molecule has 0 spiro atoms. The van der Waals surface area contributed by atoms with Gasteiger partial charge in [-0.25, -0.2) is 4.79 Å². The molecule has 2 fully saturated rings. The quantitative estimate of drug-likeness (QED) is 0.411. The number of nitrogens with zero attached hydrogens (tertiary/aromatic N) is 1. The van der Waals surface area contributed by atoms with Gasteiger partial charge in [-0.2, -0.15) is 0 Å². The van der Waals surface area contributed by atoms with E-state index >= 15 is 0 Å². The van der Waals surface area contributed by atoms with E-state index in [1.165, 1.54) is 5.57 Å².